The van der Waals surface area contributed by atoms with Gasteiger partial charge < -0.3 is 5.32 Å². The molecule has 0 aromatic heterocycles. The van der Waals surface area contributed by atoms with E-state index in [1.165, 1.54) is 6.42 Å². The summed E-state index contributed by atoms with van der Waals surface area (Å²) in [6.45, 7) is 0. The van der Waals surface area contributed by atoms with Crippen molar-refractivity contribution >= 4 is 23.3 Å². The molecule has 2 aliphatic rings. The zero-order chi connectivity index (χ0) is 12.5. The number of halogens is 1. The number of hydrogen-bond donors (Lipinski definition) is 1. The Morgan fingerprint density at radius 3 is 2.67 bits per heavy atom. The van der Waals surface area contributed by atoms with E-state index in [1.807, 2.05) is 24.3 Å². The Bertz CT molecular complexity index is 495. The molecule has 1 aliphatic carbocycles. The van der Waals surface area contributed by atoms with Gasteiger partial charge in [0.2, 0.25) is 5.91 Å². The van der Waals surface area contributed by atoms with Crippen molar-refractivity contribution in [2.45, 2.75) is 31.7 Å². The van der Waals surface area contributed by atoms with E-state index in [1.54, 1.807) is 0 Å². The molecule has 1 amide bonds. The van der Waals surface area contributed by atoms with Crippen molar-refractivity contribution in [3.63, 3.8) is 0 Å². The summed E-state index contributed by atoms with van der Waals surface area (Å²) < 4.78 is 0. The van der Waals surface area contributed by atoms with Gasteiger partial charge in [0.05, 0.1) is 12.0 Å². The van der Waals surface area contributed by atoms with Crippen LogP contribution in [0, 0.1) is 5.92 Å². The predicted molar refractivity (Wildman–Crippen MR) is 71.9 cm³/mol. The number of benzene rings is 1. The largest absolute Gasteiger partial charge is 0.310 e. The van der Waals surface area contributed by atoms with Gasteiger partial charge >= 0.3 is 0 Å². The van der Waals surface area contributed by atoms with Crippen LogP contribution in [0.25, 0.3) is 0 Å². The quantitative estimate of drug-likeness (QED) is 0.831. The summed E-state index contributed by atoms with van der Waals surface area (Å²) in [4.78, 5) is 16.8. The second-order valence-electron chi connectivity index (χ2n) is 4.93. The molecule has 1 aromatic rings. The van der Waals surface area contributed by atoms with Gasteiger partial charge in [0.1, 0.15) is 5.84 Å². The molecule has 1 aromatic carbocycles. The lowest BCUT2D eigenvalue weighted by Crippen LogP contribution is -2.47. The summed E-state index contributed by atoms with van der Waals surface area (Å²) >= 11 is 5.86. The van der Waals surface area contributed by atoms with E-state index >= 15 is 0 Å². The molecule has 1 N–H and O–H groups in total. The Morgan fingerprint density at radius 2 is 1.89 bits per heavy atom. The topological polar surface area (TPSA) is 41.5 Å². The van der Waals surface area contributed by atoms with E-state index < -0.39 is 0 Å². The zero-order valence-electron chi connectivity index (χ0n) is 10.0. The van der Waals surface area contributed by atoms with Gasteiger partial charge in [-0.05, 0) is 37.1 Å². The summed E-state index contributed by atoms with van der Waals surface area (Å²) in [5.41, 5.74) is 0.928. The van der Waals surface area contributed by atoms with Gasteiger partial charge in [-0.15, -0.1) is 0 Å². The van der Waals surface area contributed by atoms with Crippen molar-refractivity contribution in [3.8, 4) is 0 Å². The van der Waals surface area contributed by atoms with Crippen molar-refractivity contribution in [1.29, 1.82) is 0 Å². The molecule has 0 bridgehead atoms. The van der Waals surface area contributed by atoms with E-state index in [-0.39, 0.29) is 17.9 Å². The molecular weight excluding hydrogens is 248 g/mol. The average molecular weight is 263 g/mol. The van der Waals surface area contributed by atoms with Crippen LogP contribution in [0.2, 0.25) is 5.02 Å². The monoisotopic (exact) mass is 262 g/mol. The van der Waals surface area contributed by atoms with Gasteiger partial charge in [0.15, 0.2) is 0 Å². The first-order valence-electron chi connectivity index (χ1n) is 6.38. The first-order chi connectivity index (χ1) is 8.74. The van der Waals surface area contributed by atoms with Crippen molar-refractivity contribution in [3.05, 3.63) is 34.9 Å². The number of aliphatic imine (C=N–C) groups is 1. The second kappa shape index (κ2) is 4.73. The number of amidine groups is 1. The zero-order valence-corrected chi connectivity index (χ0v) is 10.8. The molecule has 0 spiro atoms. The Morgan fingerprint density at radius 1 is 1.17 bits per heavy atom. The third-order valence-electron chi connectivity index (χ3n) is 3.72. The normalized spacial score (nSPS) is 27.2. The molecule has 3 rings (SSSR count). The fourth-order valence-electron chi connectivity index (χ4n) is 2.73. The molecule has 0 radical (unpaired) electrons. The maximum absolute atomic E-state index is 12.1. The van der Waals surface area contributed by atoms with Gasteiger partial charge in [-0.25, -0.2) is 0 Å². The highest BCUT2D eigenvalue weighted by atomic mass is 35.5. The number of nitrogens with zero attached hydrogens (tertiary/aromatic N) is 1. The van der Waals surface area contributed by atoms with Crippen LogP contribution in [0.1, 0.15) is 31.2 Å². The molecule has 94 valence electrons. The third kappa shape index (κ3) is 2.15. The minimum atomic E-state index is 0.0785. The number of amides is 1. The first kappa shape index (κ1) is 11.7. The van der Waals surface area contributed by atoms with Gasteiger partial charge in [-0.3, -0.25) is 9.79 Å². The summed E-state index contributed by atoms with van der Waals surface area (Å²) in [7, 11) is 0. The van der Waals surface area contributed by atoms with Crippen LogP contribution < -0.4 is 5.32 Å². The maximum atomic E-state index is 12.1. The fourth-order valence-corrected chi connectivity index (χ4v) is 2.86. The van der Waals surface area contributed by atoms with Crippen molar-refractivity contribution < 1.29 is 4.79 Å². The summed E-state index contributed by atoms with van der Waals surface area (Å²) in [5.74, 6) is 0.897. The molecule has 0 unspecified atom stereocenters. The molecule has 2 atom stereocenters. The van der Waals surface area contributed by atoms with Crippen LogP contribution in [0.3, 0.4) is 0 Å². The number of carbonyl (C=O) groups is 1. The van der Waals surface area contributed by atoms with Crippen molar-refractivity contribution in [2.75, 3.05) is 0 Å². The second-order valence-corrected chi connectivity index (χ2v) is 5.37. The lowest BCUT2D eigenvalue weighted by Gasteiger charge is -2.32. The van der Waals surface area contributed by atoms with Crippen LogP contribution in [0.5, 0.6) is 0 Å². The highest BCUT2D eigenvalue weighted by Crippen LogP contribution is 2.29. The van der Waals surface area contributed by atoms with E-state index in [4.69, 9.17) is 16.6 Å². The molecule has 0 saturated heterocycles. The Labute approximate surface area is 111 Å². The van der Waals surface area contributed by atoms with E-state index in [0.29, 0.717) is 10.9 Å². The van der Waals surface area contributed by atoms with E-state index in [0.717, 1.165) is 24.8 Å². The molecule has 3 nitrogen and oxygen atoms in total. The number of carbonyl (C=O) groups excluding carboxylic acids is 1. The van der Waals surface area contributed by atoms with E-state index in [2.05, 4.69) is 5.32 Å². The molecule has 1 saturated carbocycles. The minimum Gasteiger partial charge on any atom is -0.310 e. The first-order valence-corrected chi connectivity index (χ1v) is 6.76. The van der Waals surface area contributed by atoms with Crippen LogP contribution in [0.15, 0.2) is 29.3 Å². The average Bonchev–Trinajstić information content (AvgIpc) is 2.39. The molecule has 18 heavy (non-hydrogen) atoms. The minimum absolute atomic E-state index is 0.0785. The lowest BCUT2D eigenvalue weighted by molar-refractivity contribution is -0.125. The molecule has 1 fully saturated rings. The van der Waals surface area contributed by atoms with Crippen LogP contribution in [0.4, 0.5) is 0 Å². The summed E-state index contributed by atoms with van der Waals surface area (Å²) in [6, 6.07) is 7.59. The number of nitrogens with one attached hydrogen (secondary N) is 1. The summed E-state index contributed by atoms with van der Waals surface area (Å²) in [5, 5.41) is 3.61. The third-order valence-corrected chi connectivity index (χ3v) is 3.97. The highest BCUT2D eigenvalue weighted by molar-refractivity contribution is 6.30. The molecular formula is C14H15ClN2O. The molecule has 1 heterocycles. The predicted octanol–water partition coefficient (Wildman–Crippen LogP) is 2.78. The SMILES string of the molecule is O=C1NC(c2ccc(Cl)cc2)=N[C@H]2CCCC[C@@H]12. The number of rotatable bonds is 1. The van der Waals surface area contributed by atoms with Crippen molar-refractivity contribution in [1.82, 2.24) is 5.32 Å². The smallest absolute Gasteiger partial charge is 0.230 e. The van der Waals surface area contributed by atoms with Crippen LogP contribution in [-0.2, 0) is 4.79 Å². The number of hydrogen-bond acceptors (Lipinski definition) is 2. The van der Waals surface area contributed by atoms with Gasteiger partial charge in [0, 0.05) is 10.6 Å². The lowest BCUT2D eigenvalue weighted by atomic mass is 9.83. The highest BCUT2D eigenvalue weighted by Gasteiger charge is 2.34. The molecule has 1 aliphatic heterocycles. The van der Waals surface area contributed by atoms with Gasteiger partial charge in [-0.2, -0.15) is 0 Å². The fraction of sp³-hybridized carbons (Fsp3) is 0.429. The maximum Gasteiger partial charge on any atom is 0.230 e. The van der Waals surface area contributed by atoms with Crippen LogP contribution >= 0.6 is 11.6 Å². The standard InChI is InChI=1S/C14H15ClN2O/c15-10-7-5-9(6-8-10)13-16-12-4-2-1-3-11(12)14(18)17-13/h5-8,11-12H,1-4H2,(H,16,17,18)/t11-,12+/m1/s1. The Balaban J connectivity index is 1.90. The van der Waals surface area contributed by atoms with Crippen LogP contribution in [-0.4, -0.2) is 17.8 Å². The van der Waals surface area contributed by atoms with Gasteiger partial charge in [-0.1, -0.05) is 24.4 Å². The van der Waals surface area contributed by atoms with E-state index in [9.17, 15) is 4.79 Å². The van der Waals surface area contributed by atoms with Crippen molar-refractivity contribution in [2.24, 2.45) is 10.9 Å². The Kier molecular flexibility index (Phi) is 3.08. The summed E-state index contributed by atoms with van der Waals surface area (Å²) in [6.07, 6.45) is 4.30. The van der Waals surface area contributed by atoms with Gasteiger partial charge in [0.25, 0.3) is 0 Å². The Hall–Kier alpha value is -1.35. The number of fused-ring (bicyclic) bond motifs is 1. The molecule has 4 heteroatoms.